The van der Waals surface area contributed by atoms with E-state index in [2.05, 4.69) is 14.5 Å². The number of nitrogens with zero attached hydrogens (tertiary/aromatic N) is 1. The van der Waals surface area contributed by atoms with Crippen LogP contribution in [0.15, 0.2) is 4.99 Å². The predicted octanol–water partition coefficient (Wildman–Crippen LogP) is 0.0393. The number of esters is 2. The lowest BCUT2D eigenvalue weighted by atomic mass is 9.92. The van der Waals surface area contributed by atoms with Crippen LogP contribution in [0.3, 0.4) is 0 Å². The van der Waals surface area contributed by atoms with Crippen molar-refractivity contribution in [2.75, 3.05) is 20.8 Å². The Labute approximate surface area is 82.1 Å². The zero-order valence-electron chi connectivity index (χ0n) is 8.44. The van der Waals surface area contributed by atoms with Crippen molar-refractivity contribution in [3.63, 3.8) is 0 Å². The van der Waals surface area contributed by atoms with Crippen LogP contribution < -0.4 is 0 Å². The molecule has 0 saturated carbocycles. The van der Waals surface area contributed by atoms with Crippen molar-refractivity contribution in [1.29, 1.82) is 0 Å². The SMILES string of the molecule is COC(=O)[C@H]1C(C)=NC[C@@H]1C(=O)OC. The van der Waals surface area contributed by atoms with E-state index in [0.717, 1.165) is 0 Å². The van der Waals surface area contributed by atoms with Crippen molar-refractivity contribution >= 4 is 17.7 Å². The summed E-state index contributed by atoms with van der Waals surface area (Å²) in [5.74, 6) is -1.94. The van der Waals surface area contributed by atoms with Gasteiger partial charge in [-0.05, 0) is 6.92 Å². The van der Waals surface area contributed by atoms with Gasteiger partial charge in [0.05, 0.1) is 26.7 Å². The molecule has 0 aromatic rings. The first-order valence-corrected chi connectivity index (χ1v) is 4.28. The molecule has 78 valence electrons. The zero-order chi connectivity index (χ0) is 10.7. The minimum Gasteiger partial charge on any atom is -0.469 e. The van der Waals surface area contributed by atoms with Gasteiger partial charge in [-0.3, -0.25) is 14.6 Å². The monoisotopic (exact) mass is 199 g/mol. The van der Waals surface area contributed by atoms with Crippen molar-refractivity contribution in [2.45, 2.75) is 6.92 Å². The Hall–Kier alpha value is -1.39. The second-order valence-electron chi connectivity index (χ2n) is 3.11. The molecule has 0 fully saturated rings. The number of hydrogen-bond acceptors (Lipinski definition) is 5. The van der Waals surface area contributed by atoms with Gasteiger partial charge in [-0.2, -0.15) is 0 Å². The Bertz CT molecular complexity index is 285. The molecule has 1 rings (SSSR count). The highest BCUT2D eigenvalue weighted by molar-refractivity contribution is 6.05. The van der Waals surface area contributed by atoms with Crippen LogP contribution in [0.5, 0.6) is 0 Å². The summed E-state index contributed by atoms with van der Waals surface area (Å²) >= 11 is 0. The topological polar surface area (TPSA) is 65.0 Å². The highest BCUT2D eigenvalue weighted by Gasteiger charge is 2.40. The first-order chi connectivity index (χ1) is 6.61. The van der Waals surface area contributed by atoms with Crippen LogP contribution in [0.2, 0.25) is 0 Å². The molecule has 0 aromatic heterocycles. The van der Waals surface area contributed by atoms with Crippen LogP contribution in [0.1, 0.15) is 6.92 Å². The van der Waals surface area contributed by atoms with E-state index in [9.17, 15) is 9.59 Å². The maximum atomic E-state index is 11.3. The molecule has 0 N–H and O–H groups in total. The Morgan fingerprint density at radius 2 is 1.86 bits per heavy atom. The number of rotatable bonds is 2. The highest BCUT2D eigenvalue weighted by atomic mass is 16.5. The summed E-state index contributed by atoms with van der Waals surface area (Å²) in [6.07, 6.45) is 0. The van der Waals surface area contributed by atoms with Gasteiger partial charge in [-0.1, -0.05) is 0 Å². The van der Waals surface area contributed by atoms with Gasteiger partial charge >= 0.3 is 11.9 Å². The van der Waals surface area contributed by atoms with Crippen LogP contribution in [0, 0.1) is 11.8 Å². The Morgan fingerprint density at radius 1 is 1.29 bits per heavy atom. The third-order valence-corrected chi connectivity index (χ3v) is 2.35. The average Bonchev–Trinajstić information content (AvgIpc) is 2.58. The number of hydrogen-bond donors (Lipinski definition) is 0. The van der Waals surface area contributed by atoms with E-state index in [1.165, 1.54) is 14.2 Å². The van der Waals surface area contributed by atoms with Gasteiger partial charge < -0.3 is 9.47 Å². The molecule has 0 amide bonds. The molecule has 2 atom stereocenters. The van der Waals surface area contributed by atoms with Crippen LogP contribution in [0.4, 0.5) is 0 Å². The molecule has 1 heterocycles. The van der Waals surface area contributed by atoms with Gasteiger partial charge in [0, 0.05) is 5.71 Å². The van der Waals surface area contributed by atoms with Crippen molar-refractivity contribution in [2.24, 2.45) is 16.8 Å². The molecule has 0 radical (unpaired) electrons. The highest BCUT2D eigenvalue weighted by Crippen LogP contribution is 2.23. The number of carbonyl (C=O) groups excluding carboxylic acids is 2. The van der Waals surface area contributed by atoms with Crippen LogP contribution in [-0.4, -0.2) is 38.4 Å². The van der Waals surface area contributed by atoms with E-state index in [4.69, 9.17) is 0 Å². The lowest BCUT2D eigenvalue weighted by molar-refractivity contribution is -0.153. The fraction of sp³-hybridized carbons (Fsp3) is 0.667. The third-order valence-electron chi connectivity index (χ3n) is 2.35. The first-order valence-electron chi connectivity index (χ1n) is 4.28. The Kier molecular flexibility index (Phi) is 3.22. The fourth-order valence-corrected chi connectivity index (χ4v) is 1.56. The molecular weight excluding hydrogens is 186 g/mol. The van der Waals surface area contributed by atoms with Crippen LogP contribution in [-0.2, 0) is 19.1 Å². The number of ether oxygens (including phenoxy) is 2. The number of aliphatic imine (C=N–C) groups is 1. The quantitative estimate of drug-likeness (QED) is 0.589. The van der Waals surface area contributed by atoms with E-state index in [-0.39, 0.29) is 0 Å². The van der Waals surface area contributed by atoms with Crippen LogP contribution >= 0.6 is 0 Å². The fourth-order valence-electron chi connectivity index (χ4n) is 1.56. The molecule has 1 aliphatic rings. The first kappa shape index (κ1) is 10.7. The van der Waals surface area contributed by atoms with Gasteiger partial charge in [0.25, 0.3) is 0 Å². The summed E-state index contributed by atoms with van der Waals surface area (Å²) < 4.78 is 9.19. The van der Waals surface area contributed by atoms with E-state index in [1.807, 2.05) is 0 Å². The summed E-state index contributed by atoms with van der Waals surface area (Å²) in [7, 11) is 2.59. The molecule has 5 nitrogen and oxygen atoms in total. The predicted molar refractivity (Wildman–Crippen MR) is 49.0 cm³/mol. The lowest BCUT2D eigenvalue weighted by Crippen LogP contribution is -2.33. The van der Waals surface area contributed by atoms with Crippen LogP contribution in [0.25, 0.3) is 0 Å². The van der Waals surface area contributed by atoms with E-state index >= 15 is 0 Å². The summed E-state index contributed by atoms with van der Waals surface area (Å²) in [5.41, 5.74) is 0.632. The minimum absolute atomic E-state index is 0.304. The van der Waals surface area contributed by atoms with Gasteiger partial charge in [0.1, 0.15) is 5.92 Å². The smallest absolute Gasteiger partial charge is 0.315 e. The van der Waals surface area contributed by atoms with Crippen molar-refractivity contribution in [3.8, 4) is 0 Å². The third kappa shape index (κ3) is 1.76. The van der Waals surface area contributed by atoms with Crippen molar-refractivity contribution < 1.29 is 19.1 Å². The molecule has 14 heavy (non-hydrogen) atoms. The standard InChI is InChI=1S/C9H13NO4/c1-5-7(9(12)14-3)6(4-10-5)8(11)13-2/h6-7H,4H2,1-3H3/t6-,7-/m0/s1. The lowest BCUT2D eigenvalue weighted by Gasteiger charge is -2.14. The summed E-state index contributed by atoms with van der Waals surface area (Å²) in [4.78, 5) is 26.7. The van der Waals surface area contributed by atoms with Gasteiger partial charge in [-0.25, -0.2) is 0 Å². The second-order valence-corrected chi connectivity index (χ2v) is 3.11. The average molecular weight is 199 g/mol. The zero-order valence-corrected chi connectivity index (χ0v) is 8.44. The molecule has 0 saturated heterocycles. The summed E-state index contributed by atoms with van der Waals surface area (Å²) in [6.45, 7) is 2.02. The summed E-state index contributed by atoms with van der Waals surface area (Å²) in [6, 6.07) is 0. The molecule has 5 heteroatoms. The van der Waals surface area contributed by atoms with Crippen molar-refractivity contribution in [3.05, 3.63) is 0 Å². The molecule has 0 bridgehead atoms. The number of carbonyl (C=O) groups is 2. The molecule has 0 spiro atoms. The molecule has 0 aromatic carbocycles. The number of methoxy groups -OCH3 is 2. The second kappa shape index (κ2) is 4.21. The molecular formula is C9H13NO4. The summed E-state index contributed by atoms with van der Waals surface area (Å²) in [5, 5.41) is 0. The van der Waals surface area contributed by atoms with Gasteiger partial charge in [0.15, 0.2) is 0 Å². The molecule has 0 unspecified atom stereocenters. The van der Waals surface area contributed by atoms with Gasteiger partial charge in [0.2, 0.25) is 0 Å². The maximum Gasteiger partial charge on any atom is 0.315 e. The molecule has 0 aliphatic carbocycles. The maximum absolute atomic E-state index is 11.3. The Morgan fingerprint density at radius 3 is 2.36 bits per heavy atom. The van der Waals surface area contributed by atoms with Gasteiger partial charge in [-0.15, -0.1) is 0 Å². The normalized spacial score (nSPS) is 25.5. The largest absolute Gasteiger partial charge is 0.469 e. The van der Waals surface area contributed by atoms with E-state index in [0.29, 0.717) is 12.3 Å². The Balaban J connectivity index is 2.81. The van der Waals surface area contributed by atoms with E-state index < -0.39 is 23.8 Å². The molecule has 1 aliphatic heterocycles. The minimum atomic E-state index is -0.576. The van der Waals surface area contributed by atoms with E-state index in [1.54, 1.807) is 6.92 Å². The van der Waals surface area contributed by atoms with Crippen molar-refractivity contribution in [1.82, 2.24) is 0 Å².